The summed E-state index contributed by atoms with van der Waals surface area (Å²) in [7, 11) is 0. The summed E-state index contributed by atoms with van der Waals surface area (Å²) in [6.07, 6.45) is 0. The zero-order valence-electron chi connectivity index (χ0n) is 17.6. The molecule has 0 N–H and O–H groups in total. The van der Waals surface area contributed by atoms with Gasteiger partial charge in [0.05, 0.1) is 5.69 Å². The molecule has 0 atom stereocenters. The van der Waals surface area contributed by atoms with Crippen LogP contribution in [0, 0.1) is 0 Å². The number of rotatable bonds is 7. The maximum atomic E-state index is 13.0. The number of hydrogen-bond acceptors (Lipinski definition) is 6. The lowest BCUT2D eigenvalue weighted by molar-refractivity contribution is 0.598. The largest absolute Gasteiger partial charge is 0.368 e. The van der Waals surface area contributed by atoms with E-state index >= 15 is 0 Å². The Labute approximate surface area is 212 Å². The second-order valence-corrected chi connectivity index (χ2v) is 9.59. The van der Waals surface area contributed by atoms with E-state index in [1.54, 1.807) is 36.0 Å². The van der Waals surface area contributed by atoms with E-state index in [2.05, 4.69) is 48.7 Å². The van der Waals surface area contributed by atoms with E-state index in [1.165, 1.54) is 9.36 Å². The minimum absolute atomic E-state index is 0.117. The number of thioether (sulfide) groups is 1. The Morgan fingerprint density at radius 1 is 0.882 bits per heavy atom. The highest BCUT2D eigenvalue weighted by Crippen LogP contribution is 2.26. The third kappa shape index (κ3) is 4.84. The van der Waals surface area contributed by atoms with Crippen molar-refractivity contribution in [1.82, 2.24) is 34.6 Å². The Bertz CT molecular complexity index is 1480. The van der Waals surface area contributed by atoms with Gasteiger partial charge in [0.1, 0.15) is 6.54 Å². The summed E-state index contributed by atoms with van der Waals surface area (Å²) in [5.41, 5.74) is 2.26. The molecule has 0 aliphatic heterocycles. The summed E-state index contributed by atoms with van der Waals surface area (Å²) in [5, 5.41) is 18.1. The molecule has 0 aliphatic rings. The number of benzene rings is 3. The molecule has 170 valence electrons. The Balaban J connectivity index is 1.46. The lowest BCUT2D eigenvalue weighted by Crippen LogP contribution is -2.25. The predicted molar refractivity (Wildman–Crippen MR) is 135 cm³/mol. The van der Waals surface area contributed by atoms with Crippen molar-refractivity contribution in [1.29, 1.82) is 0 Å². The van der Waals surface area contributed by atoms with Gasteiger partial charge in [-0.3, -0.25) is 4.57 Å². The van der Waals surface area contributed by atoms with Crippen LogP contribution in [0.5, 0.6) is 0 Å². The van der Waals surface area contributed by atoms with Gasteiger partial charge in [0, 0.05) is 20.9 Å². The number of hydrogen-bond donors (Lipinski definition) is 0. The first-order valence-corrected chi connectivity index (χ1v) is 12.4. The molecule has 0 amide bonds. The van der Waals surface area contributed by atoms with Gasteiger partial charge in [-0.05, 0) is 64.5 Å². The number of nitrogens with zero attached hydrogens (tertiary/aromatic N) is 7. The molecule has 0 saturated heterocycles. The summed E-state index contributed by atoms with van der Waals surface area (Å²) in [5.74, 6) is 1.30. The second-order valence-electron chi connectivity index (χ2n) is 7.30. The molecule has 0 bridgehead atoms. The van der Waals surface area contributed by atoms with Crippen molar-refractivity contribution in [3.05, 3.63) is 110 Å². The van der Waals surface area contributed by atoms with E-state index in [0.29, 0.717) is 16.5 Å². The summed E-state index contributed by atoms with van der Waals surface area (Å²) >= 11 is 11.0. The Morgan fingerprint density at radius 3 is 2.44 bits per heavy atom. The Hall–Kier alpha value is -3.21. The number of aromatic nitrogens is 7. The fourth-order valence-electron chi connectivity index (χ4n) is 3.36. The smallest absolute Gasteiger partial charge is 0.272 e. The fraction of sp³-hybridized carbons (Fsp3) is 0.0870. The molecule has 0 spiro atoms. The van der Waals surface area contributed by atoms with Crippen LogP contribution in [0.1, 0.15) is 11.4 Å². The average molecular weight is 555 g/mol. The zero-order chi connectivity index (χ0) is 23.5. The van der Waals surface area contributed by atoms with Gasteiger partial charge >= 0.3 is 5.69 Å². The molecule has 2 heterocycles. The van der Waals surface area contributed by atoms with E-state index in [9.17, 15) is 4.79 Å². The highest BCUT2D eigenvalue weighted by atomic mass is 79.9. The van der Waals surface area contributed by atoms with Crippen molar-refractivity contribution < 1.29 is 0 Å². The minimum Gasteiger partial charge on any atom is -0.272 e. The first kappa shape index (κ1) is 22.6. The number of para-hydroxylation sites is 1. The molecule has 8 nitrogen and oxygen atoms in total. The normalized spacial score (nSPS) is 11.1. The molecule has 5 aromatic rings. The minimum atomic E-state index is -0.381. The second kappa shape index (κ2) is 9.96. The van der Waals surface area contributed by atoms with Crippen LogP contribution in [-0.2, 0) is 12.3 Å². The van der Waals surface area contributed by atoms with Crippen LogP contribution in [0.3, 0.4) is 0 Å². The van der Waals surface area contributed by atoms with Crippen LogP contribution in [0.25, 0.3) is 11.4 Å². The van der Waals surface area contributed by atoms with Gasteiger partial charge in [-0.25, -0.2) is 4.79 Å². The van der Waals surface area contributed by atoms with Crippen molar-refractivity contribution in [3.63, 3.8) is 0 Å². The third-order valence-corrected chi connectivity index (χ3v) is 6.72. The average Bonchev–Trinajstić information content (AvgIpc) is 3.42. The van der Waals surface area contributed by atoms with Gasteiger partial charge in [-0.2, -0.15) is 9.36 Å². The maximum Gasteiger partial charge on any atom is 0.368 e. The first-order chi connectivity index (χ1) is 16.6. The summed E-state index contributed by atoms with van der Waals surface area (Å²) < 4.78 is 5.46. The van der Waals surface area contributed by atoms with Crippen molar-refractivity contribution in [2.24, 2.45) is 0 Å². The van der Waals surface area contributed by atoms with Crippen LogP contribution in [0.2, 0.25) is 5.02 Å². The zero-order valence-corrected chi connectivity index (χ0v) is 20.8. The van der Waals surface area contributed by atoms with Gasteiger partial charge in [0.25, 0.3) is 0 Å². The Morgan fingerprint density at radius 2 is 1.68 bits per heavy atom. The van der Waals surface area contributed by atoms with Crippen molar-refractivity contribution in [2.75, 3.05) is 0 Å². The SMILES string of the molecule is O=c1n(Cc2nnc(SCc3cccc(Br)c3)n2-c2ccccc2)nnn1-c1ccc(Cl)cc1. The monoisotopic (exact) mass is 553 g/mol. The maximum absolute atomic E-state index is 13.0. The Kier molecular flexibility index (Phi) is 6.61. The first-order valence-electron chi connectivity index (χ1n) is 10.2. The molecule has 5 rings (SSSR count). The van der Waals surface area contributed by atoms with Crippen molar-refractivity contribution in [2.45, 2.75) is 17.5 Å². The molecule has 3 aromatic carbocycles. The standard InChI is InChI=1S/C23H17BrClN7OS/c24-17-6-4-5-16(13-17)15-34-22-27-26-21(31(22)19-7-2-1-3-8-19)14-30-23(33)32(29-28-30)20-11-9-18(25)10-12-20/h1-13H,14-15H2. The molecule has 0 unspecified atom stereocenters. The van der Waals surface area contributed by atoms with E-state index in [0.717, 1.165) is 26.6 Å². The van der Waals surface area contributed by atoms with Gasteiger partial charge in [0.15, 0.2) is 11.0 Å². The van der Waals surface area contributed by atoms with Gasteiger partial charge < -0.3 is 0 Å². The van der Waals surface area contributed by atoms with Crippen LogP contribution in [0.15, 0.2) is 93.3 Å². The van der Waals surface area contributed by atoms with Crippen LogP contribution in [0.4, 0.5) is 0 Å². The van der Waals surface area contributed by atoms with Gasteiger partial charge in [-0.15, -0.1) is 10.2 Å². The summed E-state index contributed by atoms with van der Waals surface area (Å²) in [6.45, 7) is 0.117. The topological polar surface area (TPSA) is 83.4 Å². The molecule has 0 saturated carbocycles. The van der Waals surface area contributed by atoms with E-state index < -0.39 is 0 Å². The molecule has 0 fully saturated rings. The van der Waals surface area contributed by atoms with Crippen LogP contribution < -0.4 is 5.69 Å². The lowest BCUT2D eigenvalue weighted by atomic mass is 10.2. The molecular formula is C23H17BrClN7OS. The van der Waals surface area contributed by atoms with Crippen molar-refractivity contribution in [3.8, 4) is 11.4 Å². The quantitative estimate of drug-likeness (QED) is 0.270. The van der Waals surface area contributed by atoms with E-state index in [4.69, 9.17) is 11.6 Å². The van der Waals surface area contributed by atoms with Crippen LogP contribution >= 0.6 is 39.3 Å². The lowest BCUT2D eigenvalue weighted by Gasteiger charge is -2.10. The van der Waals surface area contributed by atoms with Crippen LogP contribution in [-0.4, -0.2) is 34.6 Å². The highest BCUT2D eigenvalue weighted by molar-refractivity contribution is 9.10. The molecular weight excluding hydrogens is 538 g/mol. The van der Waals surface area contributed by atoms with Crippen molar-refractivity contribution >= 4 is 39.3 Å². The van der Waals surface area contributed by atoms with Gasteiger partial charge in [-0.1, -0.05) is 69.6 Å². The molecule has 11 heteroatoms. The third-order valence-electron chi connectivity index (χ3n) is 4.97. The molecule has 34 heavy (non-hydrogen) atoms. The molecule has 0 aliphatic carbocycles. The predicted octanol–water partition coefficient (Wildman–Crippen LogP) is 4.77. The summed E-state index contributed by atoms with van der Waals surface area (Å²) in [4.78, 5) is 13.0. The van der Waals surface area contributed by atoms with E-state index in [1.807, 2.05) is 47.0 Å². The van der Waals surface area contributed by atoms with Gasteiger partial charge in [0.2, 0.25) is 0 Å². The highest BCUT2D eigenvalue weighted by Gasteiger charge is 2.18. The molecule has 2 aromatic heterocycles. The number of halogens is 2. The molecule has 0 radical (unpaired) electrons. The number of tetrazole rings is 1. The van der Waals surface area contributed by atoms with E-state index in [-0.39, 0.29) is 12.2 Å². The summed E-state index contributed by atoms with van der Waals surface area (Å²) in [6, 6.07) is 24.8. The fourth-order valence-corrected chi connectivity index (χ4v) is 4.85.